The van der Waals surface area contributed by atoms with Gasteiger partial charge in [-0.15, -0.1) is 0 Å². The maximum absolute atomic E-state index is 5.81. The zero-order valence-corrected chi connectivity index (χ0v) is 11.0. The van der Waals surface area contributed by atoms with Gasteiger partial charge in [0, 0.05) is 13.2 Å². The molecule has 1 saturated heterocycles. The largest absolute Gasteiger partial charge is 0.379 e. The number of nitrogens with one attached hydrogen (secondary N) is 1. The summed E-state index contributed by atoms with van der Waals surface area (Å²) in [6, 6.07) is 0. The minimum atomic E-state index is 0.377. The van der Waals surface area contributed by atoms with E-state index < -0.39 is 0 Å². The molecule has 16 heavy (non-hydrogen) atoms. The van der Waals surface area contributed by atoms with Gasteiger partial charge in [-0.1, -0.05) is 20.8 Å². The summed E-state index contributed by atoms with van der Waals surface area (Å²) in [5, 5.41) is 3.37. The van der Waals surface area contributed by atoms with Crippen molar-refractivity contribution in [3.05, 3.63) is 0 Å². The molecule has 0 bridgehead atoms. The molecule has 0 aliphatic carbocycles. The lowest BCUT2D eigenvalue weighted by Crippen LogP contribution is -2.41. The fourth-order valence-electron chi connectivity index (χ4n) is 1.86. The molecule has 3 heteroatoms. The molecule has 1 heterocycles. The number of ether oxygens (including phenoxy) is 2. The van der Waals surface area contributed by atoms with Crippen LogP contribution in [0.25, 0.3) is 0 Å². The van der Waals surface area contributed by atoms with E-state index >= 15 is 0 Å². The number of hydrogen-bond acceptors (Lipinski definition) is 3. The first kappa shape index (κ1) is 13.9. The number of hydrogen-bond donors (Lipinski definition) is 1. The Hall–Kier alpha value is -0.120. The summed E-state index contributed by atoms with van der Waals surface area (Å²) >= 11 is 0. The Morgan fingerprint density at radius 3 is 2.75 bits per heavy atom. The predicted molar refractivity (Wildman–Crippen MR) is 66.7 cm³/mol. The second-order valence-corrected chi connectivity index (χ2v) is 5.17. The van der Waals surface area contributed by atoms with Crippen LogP contribution in [0.3, 0.4) is 0 Å². The van der Waals surface area contributed by atoms with Gasteiger partial charge in [-0.3, -0.25) is 0 Å². The molecule has 1 rings (SSSR count). The molecule has 1 aliphatic rings. The molecule has 0 radical (unpaired) electrons. The van der Waals surface area contributed by atoms with Gasteiger partial charge in [-0.05, 0) is 31.2 Å². The molecule has 0 saturated carbocycles. The van der Waals surface area contributed by atoms with Crippen molar-refractivity contribution in [3.63, 3.8) is 0 Å². The van der Waals surface area contributed by atoms with E-state index in [2.05, 4.69) is 26.1 Å². The number of piperidine rings is 1. The molecule has 1 fully saturated rings. The normalized spacial score (nSPS) is 26.2. The Morgan fingerprint density at radius 2 is 2.06 bits per heavy atom. The van der Waals surface area contributed by atoms with Gasteiger partial charge in [0.1, 0.15) is 0 Å². The lowest BCUT2D eigenvalue weighted by molar-refractivity contribution is -0.0275. The van der Waals surface area contributed by atoms with E-state index in [9.17, 15) is 0 Å². The SMILES string of the molecule is CC(C)CCOCCOC1CNCCC1C. The van der Waals surface area contributed by atoms with Crippen LogP contribution in [0.5, 0.6) is 0 Å². The van der Waals surface area contributed by atoms with Crippen LogP contribution in [-0.4, -0.2) is 39.0 Å². The first-order chi connectivity index (χ1) is 7.70. The third kappa shape index (κ3) is 5.83. The predicted octanol–water partition coefficient (Wildman–Crippen LogP) is 2.06. The van der Waals surface area contributed by atoms with Crippen molar-refractivity contribution in [2.24, 2.45) is 11.8 Å². The Bertz CT molecular complexity index is 173. The average molecular weight is 229 g/mol. The van der Waals surface area contributed by atoms with Crippen molar-refractivity contribution >= 4 is 0 Å². The summed E-state index contributed by atoms with van der Waals surface area (Å²) in [6.07, 6.45) is 2.74. The summed E-state index contributed by atoms with van der Waals surface area (Å²) in [6.45, 7) is 11.2. The molecule has 1 N–H and O–H groups in total. The Balaban J connectivity index is 1.94. The van der Waals surface area contributed by atoms with Crippen LogP contribution in [0.2, 0.25) is 0 Å². The molecule has 96 valence electrons. The lowest BCUT2D eigenvalue weighted by Gasteiger charge is -2.29. The highest BCUT2D eigenvalue weighted by Gasteiger charge is 2.20. The van der Waals surface area contributed by atoms with Crippen molar-refractivity contribution in [1.82, 2.24) is 5.32 Å². The molecule has 3 nitrogen and oxygen atoms in total. The number of rotatable bonds is 7. The highest BCUT2D eigenvalue weighted by atomic mass is 16.5. The Labute approximate surface area is 99.9 Å². The van der Waals surface area contributed by atoms with Gasteiger partial charge in [0.05, 0.1) is 19.3 Å². The highest BCUT2D eigenvalue weighted by molar-refractivity contribution is 4.75. The van der Waals surface area contributed by atoms with Crippen LogP contribution in [0.15, 0.2) is 0 Å². The molecular formula is C13H27NO2. The van der Waals surface area contributed by atoms with Gasteiger partial charge in [0.15, 0.2) is 0 Å². The van der Waals surface area contributed by atoms with Crippen LogP contribution in [0.1, 0.15) is 33.6 Å². The van der Waals surface area contributed by atoms with Crippen molar-refractivity contribution < 1.29 is 9.47 Å². The molecule has 1 aliphatic heterocycles. The maximum Gasteiger partial charge on any atom is 0.0726 e. The molecule has 0 aromatic carbocycles. The van der Waals surface area contributed by atoms with Gasteiger partial charge in [-0.25, -0.2) is 0 Å². The summed E-state index contributed by atoms with van der Waals surface area (Å²) in [4.78, 5) is 0. The maximum atomic E-state index is 5.81. The molecule has 0 amide bonds. The van der Waals surface area contributed by atoms with Crippen molar-refractivity contribution in [2.45, 2.75) is 39.7 Å². The first-order valence-electron chi connectivity index (χ1n) is 6.60. The van der Waals surface area contributed by atoms with E-state index in [0.717, 1.165) is 45.2 Å². The van der Waals surface area contributed by atoms with E-state index in [1.807, 2.05) is 0 Å². The quantitative estimate of drug-likeness (QED) is 0.678. The van der Waals surface area contributed by atoms with Crippen molar-refractivity contribution in [3.8, 4) is 0 Å². The third-order valence-corrected chi connectivity index (χ3v) is 3.16. The van der Waals surface area contributed by atoms with Crippen molar-refractivity contribution in [1.29, 1.82) is 0 Å². The molecule has 0 spiro atoms. The van der Waals surface area contributed by atoms with Gasteiger partial charge >= 0.3 is 0 Å². The van der Waals surface area contributed by atoms with E-state index in [1.165, 1.54) is 6.42 Å². The zero-order chi connectivity index (χ0) is 11.8. The van der Waals surface area contributed by atoms with E-state index in [1.54, 1.807) is 0 Å². The standard InChI is InChI=1S/C13H27NO2/c1-11(2)5-7-15-8-9-16-13-10-14-6-4-12(13)3/h11-14H,4-10H2,1-3H3. The monoisotopic (exact) mass is 229 g/mol. The topological polar surface area (TPSA) is 30.5 Å². The minimum Gasteiger partial charge on any atom is -0.379 e. The van der Waals surface area contributed by atoms with Crippen LogP contribution in [0.4, 0.5) is 0 Å². The smallest absolute Gasteiger partial charge is 0.0726 e. The van der Waals surface area contributed by atoms with Crippen molar-refractivity contribution in [2.75, 3.05) is 32.9 Å². The van der Waals surface area contributed by atoms with Gasteiger partial charge in [0.2, 0.25) is 0 Å². The summed E-state index contributed by atoms with van der Waals surface area (Å²) in [5.74, 6) is 1.40. The summed E-state index contributed by atoms with van der Waals surface area (Å²) in [5.41, 5.74) is 0. The van der Waals surface area contributed by atoms with E-state index in [4.69, 9.17) is 9.47 Å². The molecule has 0 aromatic rings. The minimum absolute atomic E-state index is 0.377. The molecule has 2 unspecified atom stereocenters. The first-order valence-corrected chi connectivity index (χ1v) is 6.60. The third-order valence-electron chi connectivity index (χ3n) is 3.16. The van der Waals surface area contributed by atoms with Gasteiger partial charge < -0.3 is 14.8 Å². The zero-order valence-electron chi connectivity index (χ0n) is 11.0. The van der Waals surface area contributed by atoms with Crippen LogP contribution < -0.4 is 5.32 Å². The fraction of sp³-hybridized carbons (Fsp3) is 1.00. The lowest BCUT2D eigenvalue weighted by atomic mass is 9.97. The average Bonchev–Trinajstić information content (AvgIpc) is 2.25. The second kappa shape index (κ2) is 8.04. The molecule has 2 atom stereocenters. The summed E-state index contributed by atoms with van der Waals surface area (Å²) in [7, 11) is 0. The summed E-state index contributed by atoms with van der Waals surface area (Å²) < 4.78 is 11.3. The highest BCUT2D eigenvalue weighted by Crippen LogP contribution is 2.14. The fourth-order valence-corrected chi connectivity index (χ4v) is 1.86. The molecule has 0 aromatic heterocycles. The van der Waals surface area contributed by atoms with Gasteiger partial charge in [-0.2, -0.15) is 0 Å². The second-order valence-electron chi connectivity index (χ2n) is 5.17. The van der Waals surface area contributed by atoms with Crippen LogP contribution in [0, 0.1) is 11.8 Å². The van der Waals surface area contributed by atoms with Crippen LogP contribution in [-0.2, 0) is 9.47 Å². The molecular weight excluding hydrogens is 202 g/mol. The van der Waals surface area contributed by atoms with E-state index in [-0.39, 0.29) is 0 Å². The van der Waals surface area contributed by atoms with E-state index in [0.29, 0.717) is 12.0 Å². The van der Waals surface area contributed by atoms with Gasteiger partial charge in [0.25, 0.3) is 0 Å². The van der Waals surface area contributed by atoms with Crippen LogP contribution >= 0.6 is 0 Å². The Kier molecular flexibility index (Phi) is 7.01. The Morgan fingerprint density at radius 1 is 1.25 bits per heavy atom.